The molecule has 5 nitrogen and oxygen atoms in total. The lowest BCUT2D eigenvalue weighted by atomic mass is 9.96. The summed E-state index contributed by atoms with van der Waals surface area (Å²) in [5.74, 6) is 1.00. The number of carbonyl (C=O) groups is 1. The third-order valence-corrected chi connectivity index (χ3v) is 5.17. The molecule has 2 unspecified atom stereocenters. The van der Waals surface area contributed by atoms with Gasteiger partial charge in [-0.25, -0.2) is 0 Å². The molecule has 1 amide bonds. The van der Waals surface area contributed by atoms with Crippen molar-refractivity contribution in [1.82, 2.24) is 10.2 Å². The van der Waals surface area contributed by atoms with Gasteiger partial charge in [-0.3, -0.25) is 9.69 Å². The van der Waals surface area contributed by atoms with E-state index in [4.69, 9.17) is 4.74 Å². The van der Waals surface area contributed by atoms with Gasteiger partial charge in [0.05, 0.1) is 25.8 Å². The van der Waals surface area contributed by atoms with Crippen molar-refractivity contribution in [3.8, 4) is 5.75 Å². The van der Waals surface area contributed by atoms with Crippen LogP contribution in [0.15, 0.2) is 48.5 Å². The molecule has 2 rings (SSSR count). The number of benzene rings is 2. The van der Waals surface area contributed by atoms with Crippen molar-refractivity contribution in [2.24, 2.45) is 5.92 Å². The first-order valence-electron chi connectivity index (χ1n) is 10.2. The molecule has 29 heavy (non-hydrogen) atoms. The number of nitrogens with zero attached hydrogens (tertiary/aromatic N) is 1. The standard InChI is InChI=1S/C24H34N2O3/c1-6-26(15-22(27)19-9-7-18(4)8-10-19)16-23(28)25-24(17(2)3)20-11-13-21(29-5)14-12-20/h7-14,17,22,24,27H,6,15-16H2,1-5H3,(H,25,28). The van der Waals surface area contributed by atoms with Gasteiger partial charge in [0.15, 0.2) is 0 Å². The van der Waals surface area contributed by atoms with Gasteiger partial charge in [-0.05, 0) is 42.6 Å². The summed E-state index contributed by atoms with van der Waals surface area (Å²) >= 11 is 0. The number of nitrogens with one attached hydrogen (secondary N) is 1. The first-order chi connectivity index (χ1) is 13.8. The number of ether oxygens (including phenoxy) is 1. The van der Waals surface area contributed by atoms with Gasteiger partial charge < -0.3 is 15.2 Å². The second-order valence-corrected chi connectivity index (χ2v) is 7.82. The van der Waals surface area contributed by atoms with E-state index in [-0.39, 0.29) is 24.4 Å². The third kappa shape index (κ3) is 6.87. The Bertz CT molecular complexity index is 757. The Morgan fingerprint density at radius 2 is 1.66 bits per heavy atom. The van der Waals surface area contributed by atoms with Crippen molar-refractivity contribution < 1.29 is 14.6 Å². The van der Waals surface area contributed by atoms with Crippen molar-refractivity contribution in [3.63, 3.8) is 0 Å². The van der Waals surface area contributed by atoms with E-state index in [0.717, 1.165) is 22.4 Å². The minimum absolute atomic E-state index is 0.0440. The number of amides is 1. The number of rotatable bonds is 10. The number of hydrogen-bond donors (Lipinski definition) is 2. The molecule has 0 spiro atoms. The van der Waals surface area contributed by atoms with Gasteiger partial charge in [0, 0.05) is 6.54 Å². The van der Waals surface area contributed by atoms with Gasteiger partial charge in [0.1, 0.15) is 5.75 Å². The minimum Gasteiger partial charge on any atom is -0.497 e. The van der Waals surface area contributed by atoms with Gasteiger partial charge in [0.25, 0.3) is 0 Å². The zero-order valence-corrected chi connectivity index (χ0v) is 18.2. The Morgan fingerprint density at radius 3 is 2.17 bits per heavy atom. The molecule has 0 bridgehead atoms. The van der Waals surface area contributed by atoms with Crippen LogP contribution in [0, 0.1) is 12.8 Å². The van der Waals surface area contributed by atoms with Crippen LogP contribution in [0.1, 0.15) is 49.6 Å². The maximum atomic E-state index is 12.7. The van der Waals surface area contributed by atoms with Gasteiger partial charge in [-0.15, -0.1) is 0 Å². The van der Waals surface area contributed by atoms with Crippen LogP contribution < -0.4 is 10.1 Å². The van der Waals surface area contributed by atoms with Crippen LogP contribution in [0.5, 0.6) is 5.75 Å². The number of hydrogen-bond acceptors (Lipinski definition) is 4. The summed E-state index contributed by atoms with van der Waals surface area (Å²) in [5, 5.41) is 13.7. The predicted molar refractivity (Wildman–Crippen MR) is 117 cm³/mol. The fraction of sp³-hybridized carbons (Fsp3) is 0.458. The summed E-state index contributed by atoms with van der Waals surface area (Å²) in [6, 6.07) is 15.6. The summed E-state index contributed by atoms with van der Waals surface area (Å²) in [4.78, 5) is 14.7. The van der Waals surface area contributed by atoms with Crippen LogP contribution in [-0.2, 0) is 4.79 Å². The van der Waals surface area contributed by atoms with Crippen LogP contribution >= 0.6 is 0 Å². The normalized spacial score (nSPS) is 13.4. The first-order valence-corrected chi connectivity index (χ1v) is 10.2. The first kappa shape index (κ1) is 22.9. The maximum Gasteiger partial charge on any atom is 0.234 e. The number of methoxy groups -OCH3 is 1. The smallest absolute Gasteiger partial charge is 0.234 e. The minimum atomic E-state index is -0.620. The van der Waals surface area contributed by atoms with Gasteiger partial charge in [-0.1, -0.05) is 62.7 Å². The molecule has 0 aliphatic rings. The topological polar surface area (TPSA) is 61.8 Å². The van der Waals surface area contributed by atoms with Crippen LogP contribution in [0.25, 0.3) is 0 Å². The lowest BCUT2D eigenvalue weighted by Crippen LogP contribution is -2.41. The molecule has 0 aliphatic carbocycles. The molecular weight excluding hydrogens is 364 g/mol. The molecule has 0 heterocycles. The SMILES string of the molecule is CCN(CC(=O)NC(c1ccc(OC)cc1)C(C)C)CC(O)c1ccc(C)cc1. The highest BCUT2D eigenvalue weighted by Crippen LogP contribution is 2.24. The predicted octanol–water partition coefficient (Wildman–Crippen LogP) is 3.87. The largest absolute Gasteiger partial charge is 0.497 e. The van der Waals surface area contributed by atoms with Crippen molar-refractivity contribution in [2.45, 2.75) is 39.8 Å². The summed E-state index contributed by atoms with van der Waals surface area (Å²) in [7, 11) is 1.64. The molecule has 2 N–H and O–H groups in total. The molecule has 158 valence electrons. The Hall–Kier alpha value is -2.37. The summed E-state index contributed by atoms with van der Waals surface area (Å²) < 4.78 is 5.22. The van der Waals surface area contributed by atoms with E-state index in [1.165, 1.54) is 0 Å². The lowest BCUT2D eigenvalue weighted by molar-refractivity contribution is -0.123. The van der Waals surface area contributed by atoms with Gasteiger partial charge >= 0.3 is 0 Å². The highest BCUT2D eigenvalue weighted by molar-refractivity contribution is 5.78. The number of likely N-dealkylation sites (N-methyl/N-ethyl adjacent to an activating group) is 1. The highest BCUT2D eigenvalue weighted by Gasteiger charge is 2.21. The maximum absolute atomic E-state index is 12.7. The van der Waals surface area contributed by atoms with Crippen molar-refractivity contribution in [1.29, 1.82) is 0 Å². The number of aliphatic hydroxyl groups is 1. The van der Waals surface area contributed by atoms with Crippen LogP contribution in [0.2, 0.25) is 0 Å². The monoisotopic (exact) mass is 398 g/mol. The zero-order chi connectivity index (χ0) is 21.4. The molecule has 2 aromatic carbocycles. The lowest BCUT2D eigenvalue weighted by Gasteiger charge is -2.27. The fourth-order valence-corrected chi connectivity index (χ4v) is 3.31. The van der Waals surface area contributed by atoms with E-state index in [2.05, 4.69) is 19.2 Å². The molecule has 0 saturated carbocycles. The number of aryl methyl sites for hydroxylation is 1. The molecule has 0 fully saturated rings. The average Bonchev–Trinajstić information content (AvgIpc) is 2.71. The number of carbonyl (C=O) groups excluding carboxylic acids is 1. The molecule has 0 saturated heterocycles. The van der Waals surface area contributed by atoms with E-state index in [9.17, 15) is 9.90 Å². The fourth-order valence-electron chi connectivity index (χ4n) is 3.31. The summed E-state index contributed by atoms with van der Waals surface area (Å²) in [6.07, 6.45) is -0.620. The second-order valence-electron chi connectivity index (χ2n) is 7.82. The Morgan fingerprint density at radius 1 is 1.07 bits per heavy atom. The van der Waals surface area contributed by atoms with Crippen molar-refractivity contribution >= 4 is 5.91 Å². The van der Waals surface area contributed by atoms with Gasteiger partial charge in [-0.2, -0.15) is 0 Å². The van der Waals surface area contributed by atoms with Crippen molar-refractivity contribution in [2.75, 3.05) is 26.7 Å². The Labute approximate surface area is 174 Å². The summed E-state index contributed by atoms with van der Waals surface area (Å²) in [5.41, 5.74) is 3.08. The average molecular weight is 399 g/mol. The van der Waals surface area contributed by atoms with Crippen molar-refractivity contribution in [3.05, 3.63) is 65.2 Å². The van der Waals surface area contributed by atoms with Crippen LogP contribution in [0.3, 0.4) is 0 Å². The van der Waals surface area contributed by atoms with E-state index >= 15 is 0 Å². The van der Waals surface area contributed by atoms with Crippen LogP contribution in [0.4, 0.5) is 0 Å². The van der Waals surface area contributed by atoms with E-state index in [1.807, 2.05) is 67.3 Å². The quantitative estimate of drug-likeness (QED) is 0.638. The molecular formula is C24H34N2O3. The highest BCUT2D eigenvalue weighted by atomic mass is 16.5. The second kappa shape index (κ2) is 11.0. The molecule has 0 radical (unpaired) electrons. The van der Waals surface area contributed by atoms with E-state index in [1.54, 1.807) is 7.11 Å². The molecule has 0 aliphatic heterocycles. The molecule has 5 heteroatoms. The van der Waals surface area contributed by atoms with E-state index < -0.39 is 6.10 Å². The Kier molecular flexibility index (Phi) is 8.68. The molecule has 2 aromatic rings. The van der Waals surface area contributed by atoms with Crippen LogP contribution in [-0.4, -0.2) is 42.7 Å². The Balaban J connectivity index is 1.98. The number of aliphatic hydroxyl groups excluding tert-OH is 1. The van der Waals surface area contributed by atoms with Gasteiger partial charge in [0.2, 0.25) is 5.91 Å². The van der Waals surface area contributed by atoms with E-state index in [0.29, 0.717) is 13.1 Å². The molecule has 2 atom stereocenters. The third-order valence-electron chi connectivity index (χ3n) is 5.17. The molecule has 0 aromatic heterocycles. The summed E-state index contributed by atoms with van der Waals surface area (Å²) in [6.45, 7) is 9.55. The zero-order valence-electron chi connectivity index (χ0n) is 18.2.